The Kier molecular flexibility index (Phi) is 3.94. The summed E-state index contributed by atoms with van der Waals surface area (Å²) in [4.78, 5) is 0. The second kappa shape index (κ2) is 5.46. The van der Waals surface area contributed by atoms with E-state index in [-0.39, 0.29) is 11.6 Å². The second-order valence-electron chi connectivity index (χ2n) is 3.69. The van der Waals surface area contributed by atoms with Gasteiger partial charge in [0.05, 0.1) is 10.0 Å². The summed E-state index contributed by atoms with van der Waals surface area (Å²) < 4.78 is 19.0. The standard InChI is InChI=1S/C13H10Cl2FNO/c14-10-3-1-2-8(13(10)16)7-18-12-5-4-9(17)6-11(12)15/h1-6H,7,17H2. The summed E-state index contributed by atoms with van der Waals surface area (Å²) in [6, 6.07) is 9.62. The number of nitrogens with two attached hydrogens (primary N) is 1. The van der Waals surface area contributed by atoms with Crippen molar-refractivity contribution >= 4 is 28.9 Å². The van der Waals surface area contributed by atoms with Crippen molar-refractivity contribution in [3.05, 3.63) is 57.8 Å². The van der Waals surface area contributed by atoms with Gasteiger partial charge in [0.1, 0.15) is 18.2 Å². The summed E-state index contributed by atoms with van der Waals surface area (Å²) in [5, 5.41) is 0.455. The van der Waals surface area contributed by atoms with Crippen molar-refractivity contribution in [3.8, 4) is 5.75 Å². The molecule has 0 spiro atoms. The van der Waals surface area contributed by atoms with Gasteiger partial charge in [-0.1, -0.05) is 35.3 Å². The van der Waals surface area contributed by atoms with E-state index in [1.165, 1.54) is 6.07 Å². The molecule has 94 valence electrons. The maximum absolute atomic E-state index is 13.6. The summed E-state index contributed by atoms with van der Waals surface area (Å²) in [5.41, 5.74) is 6.47. The van der Waals surface area contributed by atoms with Crippen LogP contribution in [0.4, 0.5) is 10.1 Å². The van der Waals surface area contributed by atoms with Crippen molar-refractivity contribution in [2.24, 2.45) is 0 Å². The maximum Gasteiger partial charge on any atom is 0.148 e. The van der Waals surface area contributed by atoms with Gasteiger partial charge in [-0.25, -0.2) is 4.39 Å². The van der Waals surface area contributed by atoms with Gasteiger partial charge in [0.15, 0.2) is 0 Å². The van der Waals surface area contributed by atoms with Crippen molar-refractivity contribution in [2.75, 3.05) is 5.73 Å². The molecule has 0 aliphatic carbocycles. The third-order valence-corrected chi connectivity index (χ3v) is 2.96. The molecule has 0 atom stereocenters. The van der Waals surface area contributed by atoms with Gasteiger partial charge in [0.25, 0.3) is 0 Å². The van der Waals surface area contributed by atoms with E-state index in [0.29, 0.717) is 22.0 Å². The lowest BCUT2D eigenvalue weighted by molar-refractivity contribution is 0.300. The summed E-state index contributed by atoms with van der Waals surface area (Å²) in [7, 11) is 0. The van der Waals surface area contributed by atoms with Crippen LogP contribution in [0.1, 0.15) is 5.56 Å². The fourth-order valence-corrected chi connectivity index (χ4v) is 1.89. The molecule has 0 saturated heterocycles. The molecule has 0 heterocycles. The molecule has 2 nitrogen and oxygen atoms in total. The number of rotatable bonds is 3. The lowest BCUT2D eigenvalue weighted by atomic mass is 10.2. The summed E-state index contributed by atoms with van der Waals surface area (Å²) in [6.07, 6.45) is 0. The lowest BCUT2D eigenvalue weighted by Crippen LogP contribution is -1.99. The highest BCUT2D eigenvalue weighted by molar-refractivity contribution is 6.32. The van der Waals surface area contributed by atoms with Gasteiger partial charge < -0.3 is 10.5 Å². The summed E-state index contributed by atoms with van der Waals surface area (Å²) in [5.74, 6) is -0.0315. The van der Waals surface area contributed by atoms with E-state index in [2.05, 4.69) is 0 Å². The van der Waals surface area contributed by atoms with Gasteiger partial charge in [-0.3, -0.25) is 0 Å². The Balaban J connectivity index is 2.14. The third-order valence-electron chi connectivity index (χ3n) is 2.37. The highest BCUT2D eigenvalue weighted by Gasteiger charge is 2.08. The quantitative estimate of drug-likeness (QED) is 0.854. The maximum atomic E-state index is 13.6. The zero-order valence-electron chi connectivity index (χ0n) is 9.29. The van der Waals surface area contributed by atoms with Crippen molar-refractivity contribution in [1.82, 2.24) is 0 Å². The van der Waals surface area contributed by atoms with Crippen LogP contribution in [0.2, 0.25) is 10.0 Å². The minimum absolute atomic E-state index is 0.0516. The van der Waals surface area contributed by atoms with Crippen LogP contribution in [0.3, 0.4) is 0 Å². The van der Waals surface area contributed by atoms with Crippen LogP contribution in [-0.2, 0) is 6.61 Å². The van der Waals surface area contributed by atoms with Gasteiger partial charge >= 0.3 is 0 Å². The van der Waals surface area contributed by atoms with Crippen molar-refractivity contribution in [2.45, 2.75) is 6.61 Å². The largest absolute Gasteiger partial charge is 0.487 e. The molecule has 0 aliphatic heterocycles. The van der Waals surface area contributed by atoms with Crippen LogP contribution >= 0.6 is 23.2 Å². The molecule has 2 N–H and O–H groups in total. The molecule has 0 fully saturated rings. The van der Waals surface area contributed by atoms with E-state index >= 15 is 0 Å². The molecule has 0 bridgehead atoms. The monoisotopic (exact) mass is 285 g/mol. The van der Waals surface area contributed by atoms with E-state index in [4.69, 9.17) is 33.7 Å². The Hall–Kier alpha value is -1.45. The Morgan fingerprint density at radius 2 is 1.89 bits per heavy atom. The first kappa shape index (κ1) is 13.0. The van der Waals surface area contributed by atoms with Crippen LogP contribution in [-0.4, -0.2) is 0 Å². The van der Waals surface area contributed by atoms with Gasteiger partial charge in [-0.05, 0) is 24.3 Å². The topological polar surface area (TPSA) is 35.2 Å². The van der Waals surface area contributed by atoms with Crippen molar-refractivity contribution in [1.29, 1.82) is 0 Å². The molecular weight excluding hydrogens is 276 g/mol. The first-order valence-electron chi connectivity index (χ1n) is 5.18. The van der Waals surface area contributed by atoms with Gasteiger partial charge in [-0.2, -0.15) is 0 Å². The predicted molar refractivity (Wildman–Crippen MR) is 71.6 cm³/mol. The Labute approximate surface area is 114 Å². The average molecular weight is 286 g/mol. The molecule has 18 heavy (non-hydrogen) atoms. The van der Waals surface area contributed by atoms with Crippen LogP contribution < -0.4 is 10.5 Å². The smallest absolute Gasteiger partial charge is 0.148 e. The highest BCUT2D eigenvalue weighted by Crippen LogP contribution is 2.28. The summed E-state index contributed by atoms with van der Waals surface area (Å²) in [6.45, 7) is 0.0516. The van der Waals surface area contributed by atoms with Gasteiger partial charge in [-0.15, -0.1) is 0 Å². The fraction of sp³-hybridized carbons (Fsp3) is 0.0769. The molecule has 0 aromatic heterocycles. The number of anilines is 1. The minimum atomic E-state index is -0.481. The van der Waals surface area contributed by atoms with Crippen LogP contribution in [0.25, 0.3) is 0 Å². The van der Waals surface area contributed by atoms with E-state index in [1.54, 1.807) is 30.3 Å². The van der Waals surface area contributed by atoms with E-state index in [1.807, 2.05) is 0 Å². The Bertz CT molecular complexity index is 575. The third kappa shape index (κ3) is 2.86. The first-order chi connectivity index (χ1) is 8.58. The Morgan fingerprint density at radius 3 is 2.61 bits per heavy atom. The van der Waals surface area contributed by atoms with E-state index < -0.39 is 5.82 Å². The molecule has 0 saturated carbocycles. The molecule has 0 unspecified atom stereocenters. The zero-order valence-corrected chi connectivity index (χ0v) is 10.8. The predicted octanol–water partition coefficient (Wildman–Crippen LogP) is 4.29. The number of hydrogen-bond donors (Lipinski definition) is 1. The molecule has 2 aromatic carbocycles. The number of nitrogen functional groups attached to an aromatic ring is 1. The van der Waals surface area contributed by atoms with Crippen LogP contribution in [0.5, 0.6) is 5.75 Å². The molecule has 0 radical (unpaired) electrons. The SMILES string of the molecule is Nc1ccc(OCc2cccc(Cl)c2F)c(Cl)c1. The molecule has 5 heteroatoms. The van der Waals surface area contributed by atoms with Gasteiger partial charge in [0.2, 0.25) is 0 Å². The van der Waals surface area contributed by atoms with Gasteiger partial charge in [0, 0.05) is 11.3 Å². The average Bonchev–Trinajstić information content (AvgIpc) is 2.33. The van der Waals surface area contributed by atoms with Crippen LogP contribution in [0.15, 0.2) is 36.4 Å². The van der Waals surface area contributed by atoms with Crippen molar-refractivity contribution in [3.63, 3.8) is 0 Å². The van der Waals surface area contributed by atoms with E-state index in [0.717, 1.165) is 0 Å². The molecule has 2 aromatic rings. The zero-order chi connectivity index (χ0) is 13.1. The summed E-state index contributed by atoms with van der Waals surface area (Å²) >= 11 is 11.6. The number of benzene rings is 2. The number of hydrogen-bond acceptors (Lipinski definition) is 2. The fourth-order valence-electron chi connectivity index (χ4n) is 1.45. The number of ether oxygens (including phenoxy) is 1. The second-order valence-corrected chi connectivity index (χ2v) is 4.51. The van der Waals surface area contributed by atoms with Crippen molar-refractivity contribution < 1.29 is 9.13 Å². The molecule has 0 aliphatic rings. The minimum Gasteiger partial charge on any atom is -0.487 e. The van der Waals surface area contributed by atoms with Crippen LogP contribution in [0, 0.1) is 5.82 Å². The molecule has 0 amide bonds. The highest BCUT2D eigenvalue weighted by atomic mass is 35.5. The number of halogens is 3. The molecule has 2 rings (SSSR count). The Morgan fingerprint density at radius 1 is 1.11 bits per heavy atom. The lowest BCUT2D eigenvalue weighted by Gasteiger charge is -2.09. The molecular formula is C13H10Cl2FNO. The first-order valence-corrected chi connectivity index (χ1v) is 5.94. The van der Waals surface area contributed by atoms with E-state index in [9.17, 15) is 4.39 Å². The normalized spacial score (nSPS) is 10.4.